The van der Waals surface area contributed by atoms with Crippen LogP contribution in [0, 0.1) is 17.8 Å². The molecule has 0 saturated carbocycles. The number of ether oxygens (including phenoxy) is 6. The Kier molecular flexibility index (Phi) is 34.3. The van der Waals surface area contributed by atoms with Gasteiger partial charge in [0.2, 0.25) is 23.6 Å². The van der Waals surface area contributed by atoms with E-state index in [4.69, 9.17) is 37.3 Å². The van der Waals surface area contributed by atoms with Crippen LogP contribution in [0.4, 0.5) is 0 Å². The van der Waals surface area contributed by atoms with Crippen molar-refractivity contribution in [2.45, 2.75) is 189 Å². The van der Waals surface area contributed by atoms with Gasteiger partial charge in [-0.1, -0.05) is 93.0 Å². The van der Waals surface area contributed by atoms with Crippen LogP contribution in [-0.4, -0.2) is 199 Å². The molecule has 3 rings (SSSR count). The number of cyclic esters (lactones) is 2. The molecule has 2 aliphatic rings. The fourth-order valence-electron chi connectivity index (χ4n) is 10.3. The maximum Gasteiger partial charge on any atom is 0.343 e. The lowest BCUT2D eigenvalue weighted by atomic mass is 9.93. The van der Waals surface area contributed by atoms with Crippen LogP contribution in [-0.2, 0) is 86.9 Å². The lowest BCUT2D eigenvalue weighted by Gasteiger charge is -2.37. The van der Waals surface area contributed by atoms with Crippen molar-refractivity contribution in [3.8, 4) is 5.75 Å². The van der Waals surface area contributed by atoms with Crippen LogP contribution in [0.25, 0.3) is 0 Å². The molecular weight excluding hydrogens is 1190 g/mol. The quantitative estimate of drug-likeness (QED) is 0.0209. The highest BCUT2D eigenvalue weighted by atomic mass is 28.4. The Balaban J connectivity index is 1.75. The van der Waals surface area contributed by atoms with Crippen molar-refractivity contribution >= 4 is 67.8 Å². The minimum atomic E-state index is -2.80. The highest BCUT2D eigenvalue weighted by Crippen LogP contribution is 2.35. The van der Waals surface area contributed by atoms with Gasteiger partial charge < -0.3 is 63.0 Å². The van der Waals surface area contributed by atoms with E-state index in [2.05, 4.69) is 43.6 Å². The summed E-state index contributed by atoms with van der Waals surface area (Å²) in [7, 11) is -0.0159. The predicted molar refractivity (Wildman–Crippen MR) is 343 cm³/mol. The average Bonchev–Trinajstić information content (AvgIpc) is 3.37. The molecule has 1 aromatic rings. The molecule has 1 unspecified atom stereocenters. The molecule has 0 fully saturated rings. The number of carbonyl (C=O) groups is 10. The topological polar surface area (TPSA) is 290 Å². The van der Waals surface area contributed by atoms with Crippen molar-refractivity contribution in [3.05, 3.63) is 65.3 Å². The molecule has 7 amide bonds. The van der Waals surface area contributed by atoms with Crippen molar-refractivity contribution in [3.63, 3.8) is 0 Å². The van der Waals surface area contributed by atoms with Crippen LogP contribution in [0.1, 0.15) is 141 Å². The number of carbonyl (C=O) groups excluding carboxylic acids is 10. The normalized spacial score (nSPS) is 23.1. The number of hydrogen-bond donors (Lipinski definition) is 3. The Morgan fingerprint density at radius 3 is 1.88 bits per heavy atom. The van der Waals surface area contributed by atoms with Gasteiger partial charge in [-0.15, -0.1) is 0 Å². The van der Waals surface area contributed by atoms with E-state index in [1.165, 1.54) is 45.0 Å². The van der Waals surface area contributed by atoms with Gasteiger partial charge in [0.1, 0.15) is 36.0 Å². The number of benzene rings is 1. The summed E-state index contributed by atoms with van der Waals surface area (Å²) in [6.07, 6.45) is 5.84. The van der Waals surface area contributed by atoms with Gasteiger partial charge in [-0.05, 0) is 112 Å². The van der Waals surface area contributed by atoms with Crippen LogP contribution >= 0.6 is 0 Å². The third kappa shape index (κ3) is 25.8. The monoisotopic (exact) mass is 1300 g/mol. The van der Waals surface area contributed by atoms with E-state index < -0.39 is 105 Å². The summed E-state index contributed by atoms with van der Waals surface area (Å²) in [6.45, 7) is 27.7. The highest BCUT2D eigenvalue weighted by Gasteiger charge is 2.45. The third-order valence-electron chi connectivity index (χ3n) is 16.1. The first-order chi connectivity index (χ1) is 43.0. The van der Waals surface area contributed by atoms with E-state index in [0.29, 0.717) is 70.9 Å². The summed E-state index contributed by atoms with van der Waals surface area (Å²) in [5, 5.41) is 8.16. The highest BCUT2D eigenvalue weighted by molar-refractivity contribution is 6.70. The minimum Gasteiger partial charge on any atom is -0.456 e. The second-order valence-corrected chi connectivity index (χ2v) is 28.9. The van der Waals surface area contributed by atoms with E-state index in [1.807, 2.05) is 47.6 Å². The largest absolute Gasteiger partial charge is 0.456 e. The van der Waals surface area contributed by atoms with Crippen LogP contribution in [0.5, 0.6) is 5.75 Å². The predicted octanol–water partition coefficient (Wildman–Crippen LogP) is 6.22. The summed E-state index contributed by atoms with van der Waals surface area (Å²) in [5.74, 6) is -6.50. The maximum absolute atomic E-state index is 14.7. The van der Waals surface area contributed by atoms with Gasteiger partial charge in [-0.25, -0.2) is 9.59 Å². The van der Waals surface area contributed by atoms with Crippen molar-refractivity contribution in [1.29, 1.82) is 0 Å². The summed E-state index contributed by atoms with van der Waals surface area (Å²) < 4.78 is 47.2. The van der Waals surface area contributed by atoms with Crippen LogP contribution in [0.15, 0.2) is 59.7 Å². The van der Waals surface area contributed by atoms with Gasteiger partial charge in [-0.3, -0.25) is 43.3 Å². The maximum atomic E-state index is 14.7. The number of nitrogens with one attached hydrogen (secondary N) is 3. The van der Waals surface area contributed by atoms with E-state index in [0.717, 1.165) is 15.4 Å². The molecule has 3 N–H and O–H groups in total. The van der Waals surface area contributed by atoms with Crippen molar-refractivity contribution in [2.24, 2.45) is 17.8 Å². The van der Waals surface area contributed by atoms with Gasteiger partial charge in [0, 0.05) is 51.3 Å². The van der Waals surface area contributed by atoms with E-state index >= 15 is 0 Å². The molecule has 24 nitrogen and oxygen atoms in total. The number of amides is 7. The number of likely N-dealkylation sites (N-methyl/N-ethyl adjacent to an activating group) is 2. The molecule has 25 heteroatoms. The second kappa shape index (κ2) is 39.7. The Morgan fingerprint density at radius 2 is 1.31 bits per heavy atom. The van der Waals surface area contributed by atoms with Gasteiger partial charge in [0.25, 0.3) is 17.7 Å². The molecule has 1 aromatic carbocycles. The van der Waals surface area contributed by atoms with Gasteiger partial charge in [0.05, 0.1) is 59.3 Å². The molecule has 2 aliphatic heterocycles. The smallest absolute Gasteiger partial charge is 0.343 e. The van der Waals surface area contributed by atoms with E-state index in [-0.39, 0.29) is 85.1 Å². The molecule has 8 atom stereocenters. The summed E-state index contributed by atoms with van der Waals surface area (Å²) in [6, 6.07) is 1.69. The van der Waals surface area contributed by atoms with Crippen LogP contribution in [0.3, 0.4) is 0 Å². The average molecular weight is 1300 g/mol. The first-order valence-electron chi connectivity index (χ1n) is 31.9. The standard InChI is InChI=1S/C66H104N6O18Si/c1-17-45(9)59-62(78)68-50(14)66(82)90-60(46(10)18-2)47(11)21-19-22-48(12)65(81)89-54(39-42(3)4)61(77)67-49(13)63(79)71(16)53(64(80)70(15)41-55(73)69-59)40-51-24-26-52(27-25-51)88-58(76)23-20-31-86-91(43(5)6,44(7)8)87-38-37-85-36-35-84-34-33-83-32-30-72-56(74)28-29-57(72)75/h18,22,24-29,42-45,47,49-50,53-54,59-60H,17,19-21,23,30-41H2,1-16H3,(H,67,77)(H,68,78)(H,69,73)/b46-18+,48-22+/t45?,47-,49-,50+,53+,54+,59-,60+/m0/s1. The molecule has 0 aromatic heterocycles. The number of rotatable bonds is 28. The first-order valence-corrected chi connectivity index (χ1v) is 33.9. The SMILES string of the molecule is C/C=C(\C)[C@H]1OC(=O)[C@@H](C)NC(=O)[C@H](C(C)CC)NC(=O)CN(C)C(=O)[C@@H](Cc2ccc(OC(=O)CCCO[Si](OCCOCCOCCOCCN3C(=O)C=CC3=O)(C(C)C)C(C)C)cc2)N(C)C(=O)[C@H](C)NC(=O)[C@@H](CC(C)C)OC(=O)/C(C)=C/CC[C@@H]1C. The summed E-state index contributed by atoms with van der Waals surface area (Å²) >= 11 is 0. The number of imide groups is 1. The van der Waals surface area contributed by atoms with Gasteiger partial charge in [-0.2, -0.15) is 0 Å². The third-order valence-corrected chi connectivity index (χ3v) is 20.6. The molecule has 2 heterocycles. The fourth-order valence-corrected chi connectivity index (χ4v) is 13.9. The molecule has 0 aliphatic carbocycles. The van der Waals surface area contributed by atoms with Crippen molar-refractivity contribution in [2.75, 3.05) is 80.0 Å². The fraction of sp³-hybridized carbons (Fsp3) is 0.667. The van der Waals surface area contributed by atoms with E-state index in [1.54, 1.807) is 44.2 Å². The molecular formula is C66H104N6O18Si. The molecule has 91 heavy (non-hydrogen) atoms. The Bertz CT molecular complexity index is 2650. The van der Waals surface area contributed by atoms with Crippen molar-refractivity contribution < 1.29 is 85.2 Å². The van der Waals surface area contributed by atoms with Crippen LogP contribution < -0.4 is 20.7 Å². The van der Waals surface area contributed by atoms with Crippen molar-refractivity contribution in [1.82, 2.24) is 30.7 Å². The lowest BCUT2D eigenvalue weighted by Crippen LogP contribution is -2.57. The molecule has 510 valence electrons. The Hall–Kier alpha value is -6.64. The summed E-state index contributed by atoms with van der Waals surface area (Å²) in [5.41, 5.74) is 1.73. The zero-order chi connectivity index (χ0) is 68.1. The molecule has 0 bridgehead atoms. The molecule has 0 radical (unpaired) electrons. The number of hydrogen-bond acceptors (Lipinski definition) is 18. The minimum absolute atomic E-state index is 0.0362. The Morgan fingerprint density at radius 1 is 0.736 bits per heavy atom. The Labute approximate surface area is 539 Å². The summed E-state index contributed by atoms with van der Waals surface area (Å²) in [4.78, 5) is 138. The van der Waals surface area contributed by atoms with Gasteiger partial charge in [0.15, 0.2) is 6.10 Å². The lowest BCUT2D eigenvalue weighted by molar-refractivity contribution is -0.154. The number of nitrogens with zero attached hydrogens (tertiary/aromatic N) is 3. The number of allylic oxidation sites excluding steroid dienone is 2. The molecule has 0 saturated heterocycles. The zero-order valence-corrected chi connectivity index (χ0v) is 57.7. The van der Waals surface area contributed by atoms with E-state index in [9.17, 15) is 47.9 Å². The second-order valence-electron chi connectivity index (χ2n) is 24.6. The first kappa shape index (κ1) is 78.6. The zero-order valence-electron chi connectivity index (χ0n) is 56.7. The van der Waals surface area contributed by atoms with Gasteiger partial charge >= 0.3 is 26.5 Å². The van der Waals surface area contributed by atoms with Crippen LogP contribution in [0.2, 0.25) is 11.1 Å². The molecule has 0 spiro atoms. The number of esters is 3.